The Morgan fingerprint density at radius 2 is 1.68 bits per heavy atom. The van der Waals surface area contributed by atoms with Gasteiger partial charge in [-0.15, -0.1) is 11.3 Å². The Kier molecular flexibility index (Phi) is 7.44. The maximum Gasteiger partial charge on any atom is 0.341 e. The Hall–Kier alpha value is -3.16. The summed E-state index contributed by atoms with van der Waals surface area (Å²) in [5, 5.41) is 6.39. The molecule has 1 aromatic heterocycles. The van der Waals surface area contributed by atoms with Crippen molar-refractivity contribution < 1.29 is 19.1 Å². The molecule has 0 bridgehead atoms. The molecule has 0 fully saturated rings. The fourth-order valence-corrected chi connectivity index (χ4v) is 4.21. The molecule has 160 valence electrons. The number of carbonyl (C=O) groups is 3. The molecular formula is C23H21ClN2O4S. The summed E-state index contributed by atoms with van der Waals surface area (Å²) in [7, 11) is 1.26. The lowest BCUT2D eigenvalue weighted by molar-refractivity contribution is -0.116. The zero-order valence-electron chi connectivity index (χ0n) is 17.0. The molecule has 0 radical (unpaired) electrons. The molecule has 2 amide bonds. The van der Waals surface area contributed by atoms with Crippen LogP contribution >= 0.6 is 22.9 Å². The molecule has 0 saturated heterocycles. The van der Waals surface area contributed by atoms with Gasteiger partial charge in [-0.05, 0) is 48.7 Å². The second-order valence-electron chi connectivity index (χ2n) is 6.75. The lowest BCUT2D eigenvalue weighted by Gasteiger charge is -2.06. The topological polar surface area (TPSA) is 84.5 Å². The second-order valence-corrected chi connectivity index (χ2v) is 8.20. The Bertz CT molecular complexity index is 1090. The Morgan fingerprint density at radius 3 is 2.32 bits per heavy atom. The number of hydrogen-bond donors (Lipinski definition) is 2. The maximum atomic E-state index is 12.8. The quantitative estimate of drug-likeness (QED) is 0.471. The van der Waals surface area contributed by atoms with E-state index in [4.69, 9.17) is 16.3 Å². The van der Waals surface area contributed by atoms with E-state index in [0.717, 1.165) is 16.9 Å². The predicted molar refractivity (Wildman–Crippen MR) is 123 cm³/mol. The number of aryl methyl sites for hydroxylation is 1. The number of amides is 2. The van der Waals surface area contributed by atoms with E-state index < -0.39 is 5.97 Å². The summed E-state index contributed by atoms with van der Waals surface area (Å²) in [5.41, 5.74) is 2.23. The van der Waals surface area contributed by atoms with Crippen molar-refractivity contribution in [2.45, 2.75) is 19.8 Å². The van der Waals surface area contributed by atoms with Crippen LogP contribution in [0.5, 0.6) is 0 Å². The average Bonchev–Trinajstić information content (AvgIpc) is 3.09. The molecule has 6 nitrogen and oxygen atoms in total. The molecule has 0 aliphatic heterocycles. The third kappa shape index (κ3) is 5.71. The molecule has 3 rings (SSSR count). The third-order valence-corrected chi connectivity index (χ3v) is 6.04. The lowest BCUT2D eigenvalue weighted by atomic mass is 10.1. The molecule has 31 heavy (non-hydrogen) atoms. The van der Waals surface area contributed by atoms with E-state index in [2.05, 4.69) is 10.6 Å². The van der Waals surface area contributed by atoms with Gasteiger partial charge in [0.25, 0.3) is 5.91 Å². The van der Waals surface area contributed by atoms with Crippen LogP contribution in [-0.4, -0.2) is 24.9 Å². The number of nitrogens with one attached hydrogen (secondary N) is 2. The van der Waals surface area contributed by atoms with Crippen LogP contribution in [0.15, 0.2) is 54.6 Å². The highest BCUT2D eigenvalue weighted by molar-refractivity contribution is 7.18. The van der Waals surface area contributed by atoms with E-state index >= 15 is 0 Å². The van der Waals surface area contributed by atoms with Gasteiger partial charge in [-0.2, -0.15) is 0 Å². The van der Waals surface area contributed by atoms with E-state index in [-0.39, 0.29) is 23.8 Å². The normalized spacial score (nSPS) is 10.4. The van der Waals surface area contributed by atoms with Crippen molar-refractivity contribution in [3.05, 3.63) is 81.2 Å². The van der Waals surface area contributed by atoms with Crippen molar-refractivity contribution in [2.24, 2.45) is 0 Å². The predicted octanol–water partition coefficient (Wildman–Crippen LogP) is 5.32. The van der Waals surface area contributed by atoms with Crippen LogP contribution in [0.3, 0.4) is 0 Å². The SMILES string of the molecule is COC(=O)c1c(NC(=O)CCc2ccccc2)sc(C(=O)Nc2ccc(Cl)cc2)c1C. The summed E-state index contributed by atoms with van der Waals surface area (Å²) in [6.07, 6.45) is 0.808. The highest BCUT2D eigenvalue weighted by atomic mass is 35.5. The van der Waals surface area contributed by atoms with Gasteiger partial charge in [0, 0.05) is 17.1 Å². The lowest BCUT2D eigenvalue weighted by Crippen LogP contribution is -2.14. The van der Waals surface area contributed by atoms with Crippen molar-refractivity contribution in [1.29, 1.82) is 0 Å². The molecule has 8 heteroatoms. The summed E-state index contributed by atoms with van der Waals surface area (Å²) in [6.45, 7) is 1.65. The van der Waals surface area contributed by atoms with Gasteiger partial charge in [-0.1, -0.05) is 41.9 Å². The summed E-state index contributed by atoms with van der Waals surface area (Å²) >= 11 is 6.92. The summed E-state index contributed by atoms with van der Waals surface area (Å²) < 4.78 is 4.86. The molecular weight excluding hydrogens is 436 g/mol. The first kappa shape index (κ1) is 22.5. The monoisotopic (exact) mass is 456 g/mol. The summed E-state index contributed by atoms with van der Waals surface area (Å²) in [5.74, 6) is -1.25. The number of rotatable bonds is 7. The number of carbonyl (C=O) groups excluding carboxylic acids is 3. The molecule has 0 unspecified atom stereocenters. The molecule has 1 heterocycles. The van der Waals surface area contributed by atoms with Crippen molar-refractivity contribution in [1.82, 2.24) is 0 Å². The third-order valence-electron chi connectivity index (χ3n) is 4.58. The Balaban J connectivity index is 1.79. The van der Waals surface area contributed by atoms with Crippen molar-refractivity contribution in [2.75, 3.05) is 17.7 Å². The molecule has 0 aliphatic rings. The van der Waals surface area contributed by atoms with Crippen molar-refractivity contribution in [3.63, 3.8) is 0 Å². The first-order valence-corrected chi connectivity index (χ1v) is 10.7. The number of halogens is 1. The average molecular weight is 457 g/mol. The minimum atomic E-state index is -0.613. The van der Waals surface area contributed by atoms with Gasteiger partial charge in [0.1, 0.15) is 5.00 Å². The fourth-order valence-electron chi connectivity index (χ4n) is 2.98. The number of methoxy groups -OCH3 is 1. The fraction of sp³-hybridized carbons (Fsp3) is 0.174. The largest absolute Gasteiger partial charge is 0.465 e. The highest BCUT2D eigenvalue weighted by Gasteiger charge is 2.26. The molecule has 2 N–H and O–H groups in total. The smallest absolute Gasteiger partial charge is 0.341 e. The van der Waals surface area contributed by atoms with Gasteiger partial charge in [-0.25, -0.2) is 4.79 Å². The number of anilines is 2. The number of ether oxygens (including phenoxy) is 1. The molecule has 0 spiro atoms. The van der Waals surface area contributed by atoms with Crippen LogP contribution in [0.2, 0.25) is 5.02 Å². The van der Waals surface area contributed by atoms with Crippen molar-refractivity contribution >= 4 is 51.4 Å². The zero-order chi connectivity index (χ0) is 22.4. The molecule has 2 aromatic carbocycles. The maximum absolute atomic E-state index is 12.8. The number of benzene rings is 2. The van der Waals surface area contributed by atoms with Gasteiger partial charge in [0.2, 0.25) is 5.91 Å². The van der Waals surface area contributed by atoms with Crippen LogP contribution in [-0.2, 0) is 16.0 Å². The van der Waals surface area contributed by atoms with E-state index in [1.54, 1.807) is 31.2 Å². The minimum Gasteiger partial charge on any atom is -0.465 e. The Labute approximate surface area is 189 Å². The Morgan fingerprint density at radius 1 is 1.00 bits per heavy atom. The van der Waals surface area contributed by atoms with Crippen molar-refractivity contribution in [3.8, 4) is 0 Å². The van der Waals surface area contributed by atoms with Gasteiger partial charge in [0.05, 0.1) is 17.6 Å². The standard InChI is InChI=1S/C23H21ClN2O4S/c1-14-19(23(29)30-2)22(26-18(27)13-8-15-6-4-3-5-7-15)31-20(14)21(28)25-17-11-9-16(24)10-12-17/h3-7,9-12H,8,13H2,1-2H3,(H,25,28)(H,26,27). The van der Waals surface area contributed by atoms with E-state index in [1.807, 2.05) is 30.3 Å². The second kappa shape index (κ2) is 10.2. The van der Waals surface area contributed by atoms with E-state index in [0.29, 0.717) is 32.6 Å². The van der Waals surface area contributed by atoms with Crippen LogP contribution < -0.4 is 10.6 Å². The van der Waals surface area contributed by atoms with E-state index in [1.165, 1.54) is 7.11 Å². The van der Waals surface area contributed by atoms with Crippen LogP contribution in [0.25, 0.3) is 0 Å². The van der Waals surface area contributed by atoms with Gasteiger partial charge >= 0.3 is 5.97 Å². The van der Waals surface area contributed by atoms with Crippen LogP contribution in [0, 0.1) is 6.92 Å². The summed E-state index contributed by atoms with van der Waals surface area (Å²) in [6, 6.07) is 16.3. The molecule has 3 aromatic rings. The number of thiophene rings is 1. The zero-order valence-corrected chi connectivity index (χ0v) is 18.6. The number of esters is 1. The molecule has 0 aliphatic carbocycles. The van der Waals surface area contributed by atoms with Gasteiger partial charge in [-0.3, -0.25) is 9.59 Å². The number of hydrogen-bond acceptors (Lipinski definition) is 5. The van der Waals surface area contributed by atoms with E-state index in [9.17, 15) is 14.4 Å². The highest BCUT2D eigenvalue weighted by Crippen LogP contribution is 2.34. The first-order valence-electron chi connectivity index (χ1n) is 9.51. The van der Waals surface area contributed by atoms with Gasteiger partial charge in [0.15, 0.2) is 0 Å². The van der Waals surface area contributed by atoms with Crippen LogP contribution in [0.1, 0.15) is 37.6 Å². The molecule has 0 saturated carbocycles. The molecule has 0 atom stereocenters. The summed E-state index contributed by atoms with van der Waals surface area (Å²) in [4.78, 5) is 37.9. The first-order chi connectivity index (χ1) is 14.9. The van der Waals surface area contributed by atoms with Gasteiger partial charge < -0.3 is 15.4 Å². The van der Waals surface area contributed by atoms with Crippen LogP contribution in [0.4, 0.5) is 10.7 Å². The minimum absolute atomic E-state index is 0.182.